The van der Waals surface area contributed by atoms with Crippen molar-refractivity contribution >= 4 is 11.9 Å². The zero-order valence-electron chi connectivity index (χ0n) is 20.5. The van der Waals surface area contributed by atoms with Crippen LogP contribution in [0.4, 0.5) is 0 Å². The van der Waals surface area contributed by atoms with Crippen LogP contribution in [-0.2, 0) is 4.79 Å². The number of hydrogen-bond acceptors (Lipinski definition) is 3. The van der Waals surface area contributed by atoms with Crippen molar-refractivity contribution in [1.29, 1.82) is 0 Å². The van der Waals surface area contributed by atoms with Crippen molar-refractivity contribution in [3.8, 4) is 0 Å². The molecule has 1 N–H and O–H groups in total. The summed E-state index contributed by atoms with van der Waals surface area (Å²) in [6.45, 7) is 8.67. The minimum atomic E-state index is 0.0181. The summed E-state index contributed by atoms with van der Waals surface area (Å²) in [6.07, 6.45) is 21.8. The highest BCUT2D eigenvalue weighted by Gasteiger charge is 2.45. The molecule has 0 bridgehead atoms. The Labute approximate surface area is 186 Å². The van der Waals surface area contributed by atoms with Gasteiger partial charge in [-0.15, -0.1) is 0 Å². The molecule has 2 atom stereocenters. The highest BCUT2D eigenvalue weighted by molar-refractivity contribution is 5.97. The Balaban J connectivity index is 2.25. The average Bonchev–Trinajstić information content (AvgIpc) is 3.08. The third-order valence-electron chi connectivity index (χ3n) is 7.30. The molecule has 2 aliphatic rings. The molecule has 1 fully saturated rings. The van der Waals surface area contributed by atoms with Crippen molar-refractivity contribution in [3.63, 3.8) is 0 Å². The third kappa shape index (κ3) is 7.57. The highest BCUT2D eigenvalue weighted by atomic mass is 16.1. The van der Waals surface area contributed by atoms with Gasteiger partial charge < -0.3 is 4.90 Å². The first-order valence-electron chi connectivity index (χ1n) is 13.2. The van der Waals surface area contributed by atoms with Crippen LogP contribution in [0.1, 0.15) is 137 Å². The van der Waals surface area contributed by atoms with Gasteiger partial charge in [-0.05, 0) is 32.6 Å². The van der Waals surface area contributed by atoms with Gasteiger partial charge in [-0.25, -0.2) is 4.99 Å². The number of nitrogens with zero attached hydrogens (tertiary/aromatic N) is 2. The molecule has 2 unspecified atom stereocenters. The number of carbonyl (C=O) groups is 1. The van der Waals surface area contributed by atoms with Crippen molar-refractivity contribution in [2.45, 2.75) is 154 Å². The molecule has 1 aliphatic heterocycles. The lowest BCUT2D eigenvalue weighted by atomic mass is 9.84. The van der Waals surface area contributed by atoms with Gasteiger partial charge in [0.15, 0.2) is 0 Å². The van der Waals surface area contributed by atoms with Gasteiger partial charge in [-0.2, -0.15) is 0 Å². The van der Waals surface area contributed by atoms with Crippen LogP contribution in [0.15, 0.2) is 4.99 Å². The molecule has 1 aliphatic carbocycles. The molecule has 0 aromatic carbocycles. The Morgan fingerprint density at radius 1 is 0.933 bits per heavy atom. The van der Waals surface area contributed by atoms with Crippen LogP contribution in [-0.4, -0.2) is 34.4 Å². The topological polar surface area (TPSA) is 44.7 Å². The van der Waals surface area contributed by atoms with E-state index in [0.29, 0.717) is 12.1 Å². The minimum Gasteiger partial charge on any atom is -0.332 e. The van der Waals surface area contributed by atoms with E-state index in [0.717, 1.165) is 5.96 Å². The quantitative estimate of drug-likeness (QED) is 0.367. The van der Waals surface area contributed by atoms with Crippen molar-refractivity contribution in [2.75, 3.05) is 0 Å². The zero-order valence-corrected chi connectivity index (χ0v) is 20.5. The number of rotatable bonds is 11. The summed E-state index contributed by atoms with van der Waals surface area (Å²) in [5.41, 5.74) is 0.0935. The van der Waals surface area contributed by atoms with Crippen LogP contribution in [0.3, 0.4) is 0 Å². The fraction of sp³-hybridized carbons (Fsp3) is 0.923. The monoisotopic (exact) mass is 419 g/mol. The summed E-state index contributed by atoms with van der Waals surface area (Å²) in [4.78, 5) is 19.8. The second-order valence-electron chi connectivity index (χ2n) is 10.1. The third-order valence-corrected chi connectivity index (χ3v) is 7.30. The van der Waals surface area contributed by atoms with E-state index in [9.17, 15) is 4.79 Å². The second-order valence-corrected chi connectivity index (χ2v) is 10.1. The van der Waals surface area contributed by atoms with E-state index in [1.165, 1.54) is 109 Å². The van der Waals surface area contributed by atoms with E-state index in [1.807, 2.05) is 0 Å². The largest absolute Gasteiger partial charge is 0.332 e. The molecule has 0 aromatic heterocycles. The fourth-order valence-electron chi connectivity index (χ4n) is 5.59. The molecule has 4 heteroatoms. The summed E-state index contributed by atoms with van der Waals surface area (Å²) < 4.78 is 0. The summed E-state index contributed by atoms with van der Waals surface area (Å²) >= 11 is 0. The van der Waals surface area contributed by atoms with Crippen molar-refractivity contribution in [3.05, 3.63) is 0 Å². The molecule has 0 spiro atoms. The predicted octanol–water partition coefficient (Wildman–Crippen LogP) is 6.98. The summed E-state index contributed by atoms with van der Waals surface area (Å²) in [6, 6.07) is 0.822. The first-order valence-corrected chi connectivity index (χ1v) is 13.2. The van der Waals surface area contributed by atoms with Crippen molar-refractivity contribution in [2.24, 2.45) is 4.99 Å². The van der Waals surface area contributed by atoms with Crippen LogP contribution in [0, 0.1) is 0 Å². The van der Waals surface area contributed by atoms with Crippen LogP contribution in [0.5, 0.6) is 0 Å². The van der Waals surface area contributed by atoms with Crippen molar-refractivity contribution in [1.82, 2.24) is 10.2 Å². The Hall–Kier alpha value is -1.06. The molecule has 0 saturated heterocycles. The van der Waals surface area contributed by atoms with Gasteiger partial charge in [0, 0.05) is 12.5 Å². The van der Waals surface area contributed by atoms with E-state index >= 15 is 0 Å². The second kappa shape index (κ2) is 13.4. The molecule has 174 valence electrons. The molecule has 30 heavy (non-hydrogen) atoms. The normalized spacial score (nSPS) is 22.7. The maximum Gasteiger partial charge on any atom is 0.223 e. The van der Waals surface area contributed by atoms with Gasteiger partial charge in [0.1, 0.15) is 0 Å². The number of carbonyl (C=O) groups excluding carboxylic acids is 1. The first-order chi connectivity index (χ1) is 14.5. The van der Waals surface area contributed by atoms with E-state index in [-0.39, 0.29) is 11.4 Å². The van der Waals surface area contributed by atoms with Gasteiger partial charge in [-0.3, -0.25) is 10.1 Å². The van der Waals surface area contributed by atoms with Crippen molar-refractivity contribution < 1.29 is 4.79 Å². The SMILES string of the molecule is CCCCCCC(C)(CCCCCC)N1C(NC(C)=O)=NC2CCCCCCCC21. The molecule has 4 nitrogen and oxygen atoms in total. The van der Waals surface area contributed by atoms with E-state index in [4.69, 9.17) is 4.99 Å². The van der Waals surface area contributed by atoms with Gasteiger partial charge >= 0.3 is 0 Å². The number of hydrogen-bond donors (Lipinski definition) is 1. The number of aliphatic imine (C=N–C) groups is 1. The smallest absolute Gasteiger partial charge is 0.223 e. The summed E-state index contributed by atoms with van der Waals surface area (Å²) in [5, 5.41) is 3.15. The van der Waals surface area contributed by atoms with Gasteiger partial charge in [0.05, 0.1) is 12.1 Å². The lowest BCUT2D eigenvalue weighted by molar-refractivity contribution is -0.117. The number of fused-ring (bicyclic) bond motifs is 1. The maximum absolute atomic E-state index is 12.0. The molecule has 1 heterocycles. The lowest BCUT2D eigenvalue weighted by Gasteiger charge is -2.46. The number of guanidine groups is 1. The molecule has 2 rings (SSSR count). The van der Waals surface area contributed by atoms with Gasteiger partial charge in [-0.1, -0.05) is 97.3 Å². The highest BCUT2D eigenvalue weighted by Crippen LogP contribution is 2.38. The lowest BCUT2D eigenvalue weighted by Crippen LogP contribution is -2.57. The maximum atomic E-state index is 12.0. The molecular formula is C26H49N3O. The Bertz CT molecular complexity index is 518. The molecule has 0 radical (unpaired) electrons. The average molecular weight is 420 g/mol. The van der Waals surface area contributed by atoms with Gasteiger partial charge in [0.25, 0.3) is 0 Å². The first kappa shape index (κ1) is 25.2. The standard InChI is InChI=1S/C26H49N3O/c1-5-7-9-16-20-26(4,21-17-10-8-6-2)29-24-19-15-13-11-12-14-18-23(24)28-25(29)27-22(3)30/h23-24H,5-21H2,1-4H3,(H,27,28,30). The van der Waals surface area contributed by atoms with Crippen LogP contribution in [0.25, 0.3) is 0 Å². The summed E-state index contributed by atoms with van der Waals surface area (Å²) in [5.74, 6) is 0.899. The predicted molar refractivity (Wildman–Crippen MR) is 129 cm³/mol. The Morgan fingerprint density at radius 2 is 1.50 bits per heavy atom. The number of unbranched alkanes of at least 4 members (excludes halogenated alkanes) is 6. The Morgan fingerprint density at radius 3 is 2.07 bits per heavy atom. The molecular weight excluding hydrogens is 370 g/mol. The van der Waals surface area contributed by atoms with Crippen LogP contribution in [0.2, 0.25) is 0 Å². The molecule has 0 aromatic rings. The Kier molecular flexibility index (Phi) is 11.2. The number of nitrogens with one attached hydrogen (secondary N) is 1. The molecule has 1 saturated carbocycles. The zero-order chi connectivity index (χ0) is 21.8. The minimum absolute atomic E-state index is 0.0181. The number of amides is 1. The molecule has 1 amide bonds. The summed E-state index contributed by atoms with van der Waals surface area (Å²) in [7, 11) is 0. The van der Waals surface area contributed by atoms with E-state index < -0.39 is 0 Å². The van der Waals surface area contributed by atoms with Crippen LogP contribution >= 0.6 is 0 Å². The van der Waals surface area contributed by atoms with Gasteiger partial charge in [0.2, 0.25) is 11.9 Å². The fourth-order valence-corrected chi connectivity index (χ4v) is 5.59. The van der Waals surface area contributed by atoms with Crippen LogP contribution < -0.4 is 5.32 Å². The van der Waals surface area contributed by atoms with E-state index in [2.05, 4.69) is 31.0 Å². The van der Waals surface area contributed by atoms with E-state index in [1.54, 1.807) is 6.92 Å².